The molecule has 10 nitrogen and oxygen atoms in total. The third-order valence-corrected chi connectivity index (χ3v) is 9.50. The highest BCUT2D eigenvalue weighted by molar-refractivity contribution is 7.47. The fraction of sp³-hybridized carbons (Fsp3) is 0.895. The number of allylic oxidation sites excluding steroid dienone is 2. The van der Waals surface area contributed by atoms with Gasteiger partial charge in [-0.1, -0.05) is 148 Å². The quantitative estimate of drug-likeness (QED) is 0.0243. The highest BCUT2D eigenvalue weighted by atomic mass is 31.2. The summed E-state index contributed by atoms with van der Waals surface area (Å²) in [5.41, 5.74) is 5.33. The normalized spacial score (nSPS) is 14.2. The first kappa shape index (κ1) is 47.7. The molecular formula is C38H74NO9P. The molecule has 0 aromatic heterocycles. The van der Waals surface area contributed by atoms with E-state index in [1.165, 1.54) is 109 Å². The average molecular weight is 720 g/mol. The molecule has 11 heteroatoms. The van der Waals surface area contributed by atoms with Gasteiger partial charge in [-0.15, -0.1) is 0 Å². The van der Waals surface area contributed by atoms with Crippen molar-refractivity contribution in [2.24, 2.45) is 5.73 Å². The second kappa shape index (κ2) is 35.1. The standard InChI is InChI=1S/C38H74NO9P/c1-3-5-7-9-11-13-15-16-17-18-19-20-21-22-24-26-28-30-37(40)48-35(33-46-49(43,44)47-34-36(39)38(41)42)32-45-31-29-27-25-23-14-12-10-8-6-4-2/h16-17,35-36H,3-15,18-34,39H2,1-2H3,(H,41,42)(H,43,44)/b17-16-. The molecule has 0 bridgehead atoms. The van der Waals surface area contributed by atoms with Crippen molar-refractivity contribution in [3.63, 3.8) is 0 Å². The zero-order valence-electron chi connectivity index (χ0n) is 31.3. The lowest BCUT2D eigenvalue weighted by atomic mass is 10.1. The minimum absolute atomic E-state index is 0.0199. The van der Waals surface area contributed by atoms with E-state index >= 15 is 0 Å². The molecule has 0 fully saturated rings. The molecule has 0 saturated carbocycles. The zero-order chi connectivity index (χ0) is 36.3. The van der Waals surface area contributed by atoms with Crippen LogP contribution < -0.4 is 5.73 Å². The molecule has 0 aromatic rings. The van der Waals surface area contributed by atoms with Crippen LogP contribution in [0.2, 0.25) is 0 Å². The average Bonchev–Trinajstić information content (AvgIpc) is 3.07. The van der Waals surface area contributed by atoms with Crippen molar-refractivity contribution in [3.8, 4) is 0 Å². The van der Waals surface area contributed by atoms with Crippen molar-refractivity contribution in [2.45, 2.75) is 193 Å². The van der Waals surface area contributed by atoms with E-state index in [-0.39, 0.29) is 13.0 Å². The fourth-order valence-corrected chi connectivity index (χ4v) is 6.20. The van der Waals surface area contributed by atoms with Gasteiger partial charge in [0.2, 0.25) is 0 Å². The number of carbonyl (C=O) groups is 2. The molecule has 3 unspecified atom stereocenters. The van der Waals surface area contributed by atoms with Crippen LogP contribution in [0.4, 0.5) is 0 Å². The van der Waals surface area contributed by atoms with Crippen molar-refractivity contribution >= 4 is 19.8 Å². The molecule has 49 heavy (non-hydrogen) atoms. The molecule has 4 N–H and O–H groups in total. The number of carboxylic acid groups (broad SMARTS) is 1. The van der Waals surface area contributed by atoms with Crippen LogP contribution in [0, 0.1) is 0 Å². The summed E-state index contributed by atoms with van der Waals surface area (Å²) < 4.78 is 33.2. The highest BCUT2D eigenvalue weighted by Crippen LogP contribution is 2.43. The molecule has 0 aliphatic carbocycles. The van der Waals surface area contributed by atoms with Gasteiger partial charge in [-0.2, -0.15) is 0 Å². The first-order valence-electron chi connectivity index (χ1n) is 19.7. The summed E-state index contributed by atoms with van der Waals surface area (Å²) in [6.07, 6.45) is 34.0. The van der Waals surface area contributed by atoms with E-state index in [1.54, 1.807) is 0 Å². The summed E-state index contributed by atoms with van der Waals surface area (Å²) in [5, 5.41) is 8.86. The maximum atomic E-state index is 12.6. The summed E-state index contributed by atoms with van der Waals surface area (Å²) in [7, 11) is -4.60. The van der Waals surface area contributed by atoms with Crippen LogP contribution in [0.15, 0.2) is 12.2 Å². The molecule has 3 atom stereocenters. The number of ether oxygens (including phenoxy) is 2. The van der Waals surface area contributed by atoms with Crippen LogP contribution in [-0.2, 0) is 32.7 Å². The summed E-state index contributed by atoms with van der Waals surface area (Å²) >= 11 is 0. The lowest BCUT2D eigenvalue weighted by molar-refractivity contribution is -0.154. The van der Waals surface area contributed by atoms with Crippen LogP contribution in [0.25, 0.3) is 0 Å². The van der Waals surface area contributed by atoms with E-state index in [4.69, 9.17) is 29.4 Å². The number of carboxylic acids is 1. The first-order valence-corrected chi connectivity index (χ1v) is 21.2. The minimum atomic E-state index is -4.60. The minimum Gasteiger partial charge on any atom is -0.480 e. The van der Waals surface area contributed by atoms with Gasteiger partial charge in [0.15, 0.2) is 0 Å². The Morgan fingerprint density at radius 2 is 1.06 bits per heavy atom. The van der Waals surface area contributed by atoms with Gasteiger partial charge in [0.25, 0.3) is 0 Å². The topological polar surface area (TPSA) is 155 Å². The number of aliphatic carboxylic acids is 1. The van der Waals surface area contributed by atoms with Crippen molar-refractivity contribution in [1.82, 2.24) is 0 Å². The molecule has 0 aliphatic heterocycles. The smallest absolute Gasteiger partial charge is 0.472 e. The number of rotatable bonds is 38. The Balaban J connectivity index is 4.24. The third kappa shape index (κ3) is 34.9. The van der Waals surface area contributed by atoms with Gasteiger partial charge in [-0.3, -0.25) is 18.6 Å². The lowest BCUT2D eigenvalue weighted by Crippen LogP contribution is -2.34. The molecular weight excluding hydrogens is 645 g/mol. The Morgan fingerprint density at radius 3 is 1.55 bits per heavy atom. The Kier molecular flexibility index (Phi) is 34.2. The number of carbonyl (C=O) groups excluding carboxylic acids is 1. The summed E-state index contributed by atoms with van der Waals surface area (Å²) in [6, 6.07) is -1.47. The SMILES string of the molecule is CCCCCCCC/C=C\CCCCCCCCCC(=O)OC(COCCCCCCCCCCCC)COP(=O)(O)OCC(N)C(=O)O. The van der Waals surface area contributed by atoms with Gasteiger partial charge < -0.3 is 25.2 Å². The Morgan fingerprint density at radius 1 is 0.633 bits per heavy atom. The molecule has 0 spiro atoms. The lowest BCUT2D eigenvalue weighted by Gasteiger charge is -2.20. The van der Waals surface area contributed by atoms with Crippen molar-refractivity contribution in [3.05, 3.63) is 12.2 Å². The van der Waals surface area contributed by atoms with Gasteiger partial charge in [-0.05, 0) is 38.5 Å². The van der Waals surface area contributed by atoms with Crippen molar-refractivity contribution in [2.75, 3.05) is 26.4 Å². The van der Waals surface area contributed by atoms with Gasteiger partial charge >= 0.3 is 19.8 Å². The number of nitrogens with two attached hydrogens (primary N) is 1. The maximum Gasteiger partial charge on any atom is 0.472 e. The number of hydrogen-bond acceptors (Lipinski definition) is 8. The van der Waals surface area contributed by atoms with Crippen LogP contribution in [-0.4, -0.2) is 60.5 Å². The van der Waals surface area contributed by atoms with Crippen molar-refractivity contribution in [1.29, 1.82) is 0 Å². The van der Waals surface area contributed by atoms with Crippen LogP contribution in [0.1, 0.15) is 181 Å². The highest BCUT2D eigenvalue weighted by Gasteiger charge is 2.27. The van der Waals surface area contributed by atoms with E-state index < -0.39 is 45.1 Å². The molecule has 0 aromatic carbocycles. The number of unbranched alkanes of at least 4 members (excludes halogenated alkanes) is 22. The number of phosphoric ester groups is 1. The second-order valence-electron chi connectivity index (χ2n) is 13.4. The number of phosphoric acid groups is 1. The number of hydrogen-bond donors (Lipinski definition) is 3. The largest absolute Gasteiger partial charge is 0.480 e. The fourth-order valence-electron chi connectivity index (χ4n) is 5.42. The summed E-state index contributed by atoms with van der Waals surface area (Å²) in [5.74, 6) is -1.78. The third-order valence-electron chi connectivity index (χ3n) is 8.54. The van der Waals surface area contributed by atoms with Crippen molar-refractivity contribution < 1.29 is 42.7 Å². The van der Waals surface area contributed by atoms with E-state index in [0.717, 1.165) is 44.9 Å². The number of esters is 1. The molecule has 0 saturated heterocycles. The maximum absolute atomic E-state index is 12.6. The van der Waals surface area contributed by atoms with Gasteiger partial charge in [-0.25, -0.2) is 4.57 Å². The Labute approximate surface area is 299 Å². The van der Waals surface area contributed by atoms with E-state index in [2.05, 4.69) is 26.0 Å². The molecule has 0 heterocycles. The van der Waals surface area contributed by atoms with Gasteiger partial charge in [0.05, 0.1) is 19.8 Å². The van der Waals surface area contributed by atoms with Gasteiger partial charge in [0.1, 0.15) is 12.1 Å². The Hall–Kier alpha value is -1.29. The molecule has 0 amide bonds. The molecule has 0 aliphatic rings. The van der Waals surface area contributed by atoms with Crippen LogP contribution >= 0.6 is 7.82 Å². The Bertz CT molecular complexity index is 842. The first-order chi connectivity index (χ1) is 23.7. The molecule has 0 rings (SSSR count). The second-order valence-corrected chi connectivity index (χ2v) is 14.9. The summed E-state index contributed by atoms with van der Waals surface area (Å²) in [6.45, 7) is 3.87. The molecule has 290 valence electrons. The molecule has 0 radical (unpaired) electrons. The van der Waals surface area contributed by atoms with E-state index in [9.17, 15) is 19.0 Å². The van der Waals surface area contributed by atoms with Gasteiger partial charge in [0, 0.05) is 13.0 Å². The summed E-state index contributed by atoms with van der Waals surface area (Å²) in [4.78, 5) is 33.4. The predicted molar refractivity (Wildman–Crippen MR) is 199 cm³/mol. The van der Waals surface area contributed by atoms with Crippen LogP contribution in [0.3, 0.4) is 0 Å². The monoisotopic (exact) mass is 720 g/mol. The van der Waals surface area contributed by atoms with Crippen LogP contribution in [0.5, 0.6) is 0 Å². The van der Waals surface area contributed by atoms with E-state index in [0.29, 0.717) is 13.0 Å². The predicted octanol–water partition coefficient (Wildman–Crippen LogP) is 10.2. The zero-order valence-corrected chi connectivity index (χ0v) is 32.2. The van der Waals surface area contributed by atoms with E-state index in [1.807, 2.05) is 0 Å².